The lowest BCUT2D eigenvalue weighted by Crippen LogP contribution is -2.29. The smallest absolute Gasteiger partial charge is 0.255 e. The Kier molecular flexibility index (Phi) is 6.02. The highest BCUT2D eigenvalue weighted by molar-refractivity contribution is 7.92. The van der Waals surface area contributed by atoms with E-state index in [4.69, 9.17) is 11.6 Å². The molecule has 2 aromatic carbocycles. The zero-order valence-electron chi connectivity index (χ0n) is 14.7. The number of rotatable bonds is 4. The van der Waals surface area contributed by atoms with E-state index in [1.54, 1.807) is 0 Å². The van der Waals surface area contributed by atoms with Gasteiger partial charge < -0.3 is 10.4 Å². The van der Waals surface area contributed by atoms with Crippen molar-refractivity contribution in [3.63, 3.8) is 0 Å². The Balaban J connectivity index is 1.86. The SMILES string of the molecule is O=C(Nc1ccc(F)c(F)c1)c1ccc(Cl)c(S(=O)(=O)C2CCC(O)CC2)c1. The minimum absolute atomic E-state index is 0.00417. The summed E-state index contributed by atoms with van der Waals surface area (Å²) in [5.74, 6) is -2.84. The van der Waals surface area contributed by atoms with Crippen molar-refractivity contribution in [1.82, 2.24) is 0 Å². The van der Waals surface area contributed by atoms with Gasteiger partial charge in [-0.25, -0.2) is 17.2 Å². The van der Waals surface area contributed by atoms with Crippen LogP contribution >= 0.6 is 11.6 Å². The Hall–Kier alpha value is -2.03. The number of carbonyl (C=O) groups is 1. The van der Waals surface area contributed by atoms with Crippen molar-refractivity contribution < 1.29 is 27.1 Å². The number of hydrogen-bond acceptors (Lipinski definition) is 4. The molecule has 150 valence electrons. The number of anilines is 1. The molecule has 5 nitrogen and oxygen atoms in total. The molecule has 0 aliphatic heterocycles. The molecule has 0 unspecified atom stereocenters. The van der Waals surface area contributed by atoms with Crippen molar-refractivity contribution >= 4 is 33.0 Å². The van der Waals surface area contributed by atoms with Crippen LogP contribution in [0.1, 0.15) is 36.0 Å². The van der Waals surface area contributed by atoms with Gasteiger partial charge in [0.15, 0.2) is 21.5 Å². The number of carbonyl (C=O) groups excluding carboxylic acids is 1. The van der Waals surface area contributed by atoms with E-state index in [0.717, 1.165) is 12.1 Å². The third-order valence-corrected chi connectivity index (χ3v) is 7.50. The van der Waals surface area contributed by atoms with Gasteiger partial charge in [-0.15, -0.1) is 0 Å². The van der Waals surface area contributed by atoms with Gasteiger partial charge in [-0.3, -0.25) is 4.79 Å². The van der Waals surface area contributed by atoms with E-state index >= 15 is 0 Å². The standard InChI is InChI=1S/C19H18ClF2NO4S/c20-15-7-1-11(19(25)23-12-2-8-16(21)17(22)10-12)9-18(15)28(26,27)14-5-3-13(24)4-6-14/h1-2,7-10,13-14,24H,3-6H2,(H,23,25). The van der Waals surface area contributed by atoms with Crippen LogP contribution in [0.15, 0.2) is 41.3 Å². The first-order valence-corrected chi connectivity index (χ1v) is 10.6. The molecular formula is C19H18ClF2NO4S. The number of aliphatic hydroxyl groups excluding tert-OH is 1. The summed E-state index contributed by atoms with van der Waals surface area (Å²) in [5.41, 5.74) is 0.0491. The summed E-state index contributed by atoms with van der Waals surface area (Å²) in [7, 11) is -3.79. The second kappa shape index (κ2) is 8.14. The lowest BCUT2D eigenvalue weighted by molar-refractivity contribution is 0.102. The van der Waals surface area contributed by atoms with Gasteiger partial charge in [-0.05, 0) is 56.0 Å². The average molecular weight is 430 g/mol. The number of benzene rings is 2. The van der Waals surface area contributed by atoms with Gasteiger partial charge in [0, 0.05) is 17.3 Å². The fourth-order valence-electron chi connectivity index (χ4n) is 3.17. The molecule has 0 radical (unpaired) electrons. The molecule has 28 heavy (non-hydrogen) atoms. The van der Waals surface area contributed by atoms with E-state index in [1.165, 1.54) is 24.3 Å². The Morgan fingerprint density at radius 1 is 1.04 bits per heavy atom. The van der Waals surface area contributed by atoms with Crippen LogP contribution in [0.3, 0.4) is 0 Å². The molecule has 0 saturated heterocycles. The van der Waals surface area contributed by atoms with Crippen LogP contribution in [0.2, 0.25) is 5.02 Å². The summed E-state index contributed by atoms with van der Waals surface area (Å²) in [5, 5.41) is 11.3. The highest BCUT2D eigenvalue weighted by Crippen LogP contribution is 2.33. The highest BCUT2D eigenvalue weighted by Gasteiger charge is 2.33. The second-order valence-electron chi connectivity index (χ2n) is 6.70. The van der Waals surface area contributed by atoms with Gasteiger partial charge in [-0.2, -0.15) is 0 Å². The maximum atomic E-state index is 13.3. The summed E-state index contributed by atoms with van der Waals surface area (Å²) >= 11 is 6.08. The molecule has 1 aliphatic carbocycles. The number of halogens is 3. The molecule has 3 rings (SSSR count). The molecule has 0 spiro atoms. The van der Waals surface area contributed by atoms with Crippen LogP contribution in [0, 0.1) is 11.6 Å². The molecule has 1 fully saturated rings. The number of hydrogen-bond donors (Lipinski definition) is 2. The van der Waals surface area contributed by atoms with Crippen molar-refractivity contribution in [2.75, 3.05) is 5.32 Å². The molecule has 0 heterocycles. The molecule has 1 aliphatic rings. The normalized spacial score (nSPS) is 20.0. The van der Waals surface area contributed by atoms with Gasteiger partial charge in [0.05, 0.1) is 21.3 Å². The molecule has 0 bridgehead atoms. The largest absolute Gasteiger partial charge is 0.393 e. The first kappa shape index (κ1) is 20.7. The van der Waals surface area contributed by atoms with Crippen molar-refractivity contribution in [2.24, 2.45) is 0 Å². The molecule has 0 aromatic heterocycles. The molecule has 9 heteroatoms. The first-order valence-electron chi connectivity index (χ1n) is 8.66. The maximum absolute atomic E-state index is 13.3. The number of amides is 1. The number of aliphatic hydroxyl groups is 1. The van der Waals surface area contributed by atoms with E-state index in [9.17, 15) is 27.1 Å². The van der Waals surface area contributed by atoms with E-state index in [0.29, 0.717) is 25.7 Å². The molecule has 0 atom stereocenters. The summed E-state index contributed by atoms with van der Waals surface area (Å²) in [4.78, 5) is 12.3. The molecular weight excluding hydrogens is 412 g/mol. The summed E-state index contributed by atoms with van der Waals surface area (Å²) in [6, 6.07) is 6.73. The summed E-state index contributed by atoms with van der Waals surface area (Å²) < 4.78 is 52.2. The van der Waals surface area contributed by atoms with Crippen molar-refractivity contribution in [1.29, 1.82) is 0 Å². The van der Waals surface area contributed by atoms with Crippen LogP contribution in [-0.2, 0) is 9.84 Å². The molecule has 1 saturated carbocycles. The Bertz CT molecular complexity index is 1000. The third-order valence-electron chi connectivity index (χ3n) is 4.76. The van der Waals surface area contributed by atoms with Crippen LogP contribution in [0.4, 0.5) is 14.5 Å². The summed E-state index contributed by atoms with van der Waals surface area (Å²) in [6.07, 6.45) is 0.890. The fraction of sp³-hybridized carbons (Fsp3) is 0.316. The lowest BCUT2D eigenvalue weighted by Gasteiger charge is -2.25. The van der Waals surface area contributed by atoms with Crippen LogP contribution in [-0.4, -0.2) is 30.8 Å². The predicted molar refractivity (Wildman–Crippen MR) is 101 cm³/mol. The van der Waals surface area contributed by atoms with Crippen LogP contribution in [0.5, 0.6) is 0 Å². The summed E-state index contributed by atoms with van der Waals surface area (Å²) in [6.45, 7) is 0. The number of nitrogens with one attached hydrogen (secondary N) is 1. The fourth-order valence-corrected chi connectivity index (χ4v) is 5.50. The minimum atomic E-state index is -3.79. The van der Waals surface area contributed by atoms with Gasteiger partial charge in [0.25, 0.3) is 5.91 Å². The van der Waals surface area contributed by atoms with Gasteiger partial charge >= 0.3 is 0 Å². The zero-order chi connectivity index (χ0) is 20.5. The Labute approximate surface area is 166 Å². The van der Waals surface area contributed by atoms with Gasteiger partial charge in [-0.1, -0.05) is 11.6 Å². The zero-order valence-corrected chi connectivity index (χ0v) is 16.2. The molecule has 2 aromatic rings. The Morgan fingerprint density at radius 3 is 2.36 bits per heavy atom. The number of sulfone groups is 1. The topological polar surface area (TPSA) is 83.5 Å². The molecule has 1 amide bonds. The minimum Gasteiger partial charge on any atom is -0.393 e. The highest BCUT2D eigenvalue weighted by atomic mass is 35.5. The Morgan fingerprint density at radius 2 is 1.71 bits per heavy atom. The van der Waals surface area contributed by atoms with E-state index in [1.807, 2.05) is 0 Å². The van der Waals surface area contributed by atoms with E-state index < -0.39 is 38.7 Å². The van der Waals surface area contributed by atoms with Gasteiger partial charge in [0.2, 0.25) is 0 Å². The van der Waals surface area contributed by atoms with Gasteiger partial charge in [0.1, 0.15) is 0 Å². The van der Waals surface area contributed by atoms with E-state index in [-0.39, 0.29) is 21.2 Å². The third kappa shape index (κ3) is 4.34. The first-order chi connectivity index (χ1) is 13.2. The van der Waals surface area contributed by atoms with Crippen molar-refractivity contribution in [3.8, 4) is 0 Å². The van der Waals surface area contributed by atoms with Crippen molar-refractivity contribution in [3.05, 3.63) is 58.6 Å². The monoisotopic (exact) mass is 429 g/mol. The molecule has 2 N–H and O–H groups in total. The second-order valence-corrected chi connectivity index (χ2v) is 9.31. The predicted octanol–water partition coefficient (Wildman–Crippen LogP) is 3.95. The van der Waals surface area contributed by atoms with E-state index in [2.05, 4.69) is 5.32 Å². The lowest BCUT2D eigenvalue weighted by atomic mass is 9.97. The van der Waals surface area contributed by atoms with Crippen LogP contribution in [0.25, 0.3) is 0 Å². The van der Waals surface area contributed by atoms with Crippen molar-refractivity contribution in [2.45, 2.75) is 41.9 Å². The van der Waals surface area contributed by atoms with Crippen LogP contribution < -0.4 is 5.32 Å². The average Bonchev–Trinajstić information content (AvgIpc) is 2.65. The maximum Gasteiger partial charge on any atom is 0.255 e. The quantitative estimate of drug-likeness (QED) is 0.770.